The third kappa shape index (κ3) is 3.37. The molecule has 132 valence electrons. The molecule has 0 fully saturated rings. The van der Waals surface area contributed by atoms with Crippen molar-refractivity contribution in [1.82, 2.24) is 9.55 Å². The van der Waals surface area contributed by atoms with Gasteiger partial charge in [0.1, 0.15) is 5.57 Å². The largest absolute Gasteiger partial charge is 0.299 e. The van der Waals surface area contributed by atoms with Crippen LogP contribution in [-0.2, 0) is 0 Å². The van der Waals surface area contributed by atoms with Crippen LogP contribution < -0.4 is 5.57 Å². The van der Waals surface area contributed by atoms with E-state index in [0.717, 1.165) is 0 Å². The molecule has 0 saturated heterocycles. The van der Waals surface area contributed by atoms with Crippen molar-refractivity contribution in [1.29, 1.82) is 0 Å². The van der Waals surface area contributed by atoms with Crippen LogP contribution in [0.3, 0.4) is 0 Å². The standard InChI is InChI=1S/C22H29N2P/c1-16-12-13-17-10-8-9-11-18(17)19(16)24-15-14-23-20(24)25(21(2,3)4)22(5,6)7/h8-15H,1-7H3. The zero-order chi connectivity index (χ0) is 18.4. The van der Waals surface area contributed by atoms with Crippen LogP contribution in [0.25, 0.3) is 16.5 Å². The van der Waals surface area contributed by atoms with Gasteiger partial charge in [0.15, 0.2) is 0 Å². The number of hydrogen-bond acceptors (Lipinski definition) is 1. The van der Waals surface area contributed by atoms with Crippen LogP contribution >= 0.6 is 7.92 Å². The lowest BCUT2D eigenvalue weighted by atomic mass is 10.0. The van der Waals surface area contributed by atoms with Crippen molar-refractivity contribution in [2.24, 2.45) is 0 Å². The number of rotatable bonds is 2. The topological polar surface area (TPSA) is 17.8 Å². The fraction of sp³-hybridized carbons (Fsp3) is 0.409. The number of benzene rings is 2. The van der Waals surface area contributed by atoms with Crippen molar-refractivity contribution in [3.8, 4) is 5.69 Å². The first kappa shape index (κ1) is 18.1. The molecule has 25 heavy (non-hydrogen) atoms. The molecule has 0 amide bonds. The van der Waals surface area contributed by atoms with Crippen molar-refractivity contribution < 1.29 is 0 Å². The summed E-state index contributed by atoms with van der Waals surface area (Å²) in [6.45, 7) is 16.3. The van der Waals surface area contributed by atoms with E-state index in [-0.39, 0.29) is 10.3 Å². The molecule has 0 unspecified atom stereocenters. The van der Waals surface area contributed by atoms with Gasteiger partial charge in [-0.2, -0.15) is 0 Å². The molecule has 0 aliphatic heterocycles. The van der Waals surface area contributed by atoms with E-state index in [1.165, 1.54) is 27.6 Å². The van der Waals surface area contributed by atoms with Gasteiger partial charge in [0, 0.05) is 17.8 Å². The van der Waals surface area contributed by atoms with Gasteiger partial charge in [-0.15, -0.1) is 0 Å². The zero-order valence-corrected chi connectivity index (χ0v) is 17.4. The van der Waals surface area contributed by atoms with Gasteiger partial charge in [0.25, 0.3) is 0 Å². The maximum absolute atomic E-state index is 4.87. The van der Waals surface area contributed by atoms with Crippen LogP contribution in [-0.4, -0.2) is 19.9 Å². The first-order valence-corrected chi connectivity index (χ1v) is 10.3. The van der Waals surface area contributed by atoms with Crippen LogP contribution in [0.4, 0.5) is 0 Å². The minimum atomic E-state index is -0.461. The van der Waals surface area contributed by atoms with Gasteiger partial charge in [-0.05, 0) is 36.1 Å². The summed E-state index contributed by atoms with van der Waals surface area (Å²) in [7, 11) is -0.461. The lowest BCUT2D eigenvalue weighted by Crippen LogP contribution is -2.35. The molecule has 0 bridgehead atoms. The molecule has 0 saturated carbocycles. The molecule has 0 atom stereocenters. The number of fused-ring (bicyclic) bond motifs is 1. The Morgan fingerprint density at radius 2 is 1.52 bits per heavy atom. The highest BCUT2D eigenvalue weighted by Crippen LogP contribution is 2.58. The summed E-state index contributed by atoms with van der Waals surface area (Å²) in [6.07, 6.45) is 4.10. The predicted octanol–water partition coefficient (Wildman–Crippen LogP) is 6.04. The molecular formula is C22H29N2P. The highest BCUT2D eigenvalue weighted by atomic mass is 31.1. The second kappa shape index (κ2) is 6.25. The van der Waals surface area contributed by atoms with Gasteiger partial charge in [-0.3, -0.25) is 4.57 Å². The summed E-state index contributed by atoms with van der Waals surface area (Å²) in [4.78, 5) is 4.87. The lowest BCUT2D eigenvalue weighted by molar-refractivity contribution is 0.711. The molecule has 2 aromatic carbocycles. The summed E-state index contributed by atoms with van der Waals surface area (Å²) >= 11 is 0. The molecular weight excluding hydrogens is 323 g/mol. The average molecular weight is 352 g/mol. The van der Waals surface area contributed by atoms with Crippen LogP contribution in [0.2, 0.25) is 0 Å². The van der Waals surface area contributed by atoms with E-state index in [0.29, 0.717) is 0 Å². The molecule has 2 nitrogen and oxygen atoms in total. The Bertz CT molecular complexity index is 880. The summed E-state index contributed by atoms with van der Waals surface area (Å²) < 4.78 is 2.35. The lowest BCUT2D eigenvalue weighted by Gasteiger charge is -2.40. The van der Waals surface area contributed by atoms with Crippen LogP contribution in [0.5, 0.6) is 0 Å². The van der Waals surface area contributed by atoms with Gasteiger partial charge in [-0.1, -0.05) is 77.9 Å². The van der Waals surface area contributed by atoms with Crippen molar-refractivity contribution >= 4 is 24.3 Å². The zero-order valence-electron chi connectivity index (χ0n) is 16.5. The SMILES string of the molecule is Cc1ccc2ccccc2c1-n1ccnc1P(C(C)(C)C)C(C)(C)C. The molecule has 3 aromatic rings. The van der Waals surface area contributed by atoms with Gasteiger partial charge in [-0.25, -0.2) is 4.98 Å². The molecule has 0 spiro atoms. The van der Waals surface area contributed by atoms with Gasteiger partial charge >= 0.3 is 0 Å². The van der Waals surface area contributed by atoms with E-state index in [9.17, 15) is 0 Å². The molecule has 3 rings (SSSR count). The van der Waals surface area contributed by atoms with Crippen molar-refractivity contribution in [2.75, 3.05) is 0 Å². The second-order valence-electron chi connectivity index (χ2n) is 8.73. The van der Waals surface area contributed by atoms with Crippen LogP contribution in [0.15, 0.2) is 48.8 Å². The summed E-state index contributed by atoms with van der Waals surface area (Å²) in [5, 5.41) is 2.95. The van der Waals surface area contributed by atoms with E-state index in [2.05, 4.69) is 95.6 Å². The fourth-order valence-electron chi connectivity index (χ4n) is 3.93. The third-order valence-corrected chi connectivity index (χ3v) is 7.92. The Morgan fingerprint density at radius 3 is 2.16 bits per heavy atom. The van der Waals surface area contributed by atoms with Gasteiger partial charge < -0.3 is 0 Å². The second-order valence-corrected chi connectivity index (χ2v) is 12.5. The summed E-state index contributed by atoms with van der Waals surface area (Å²) in [5.41, 5.74) is 3.77. The van der Waals surface area contributed by atoms with Crippen LogP contribution in [0.1, 0.15) is 47.1 Å². The minimum Gasteiger partial charge on any atom is -0.299 e. The maximum atomic E-state index is 4.87. The third-order valence-electron chi connectivity index (χ3n) is 4.51. The Morgan fingerprint density at radius 1 is 0.880 bits per heavy atom. The van der Waals surface area contributed by atoms with Gasteiger partial charge in [0.2, 0.25) is 0 Å². The van der Waals surface area contributed by atoms with Crippen molar-refractivity contribution in [3.63, 3.8) is 0 Å². The maximum Gasteiger partial charge on any atom is 0.136 e. The highest BCUT2D eigenvalue weighted by Gasteiger charge is 2.38. The molecule has 0 aliphatic carbocycles. The molecule has 1 aromatic heterocycles. The number of aryl methyl sites for hydroxylation is 1. The Hall–Kier alpha value is -1.66. The molecule has 0 radical (unpaired) electrons. The predicted molar refractivity (Wildman–Crippen MR) is 112 cm³/mol. The van der Waals surface area contributed by atoms with E-state index in [1.807, 2.05) is 6.20 Å². The van der Waals surface area contributed by atoms with E-state index >= 15 is 0 Å². The Balaban J connectivity index is 2.30. The summed E-state index contributed by atoms with van der Waals surface area (Å²) in [6, 6.07) is 13.1. The molecule has 1 heterocycles. The van der Waals surface area contributed by atoms with Crippen LogP contribution in [0, 0.1) is 6.92 Å². The number of imidazole rings is 1. The number of nitrogens with zero attached hydrogens (tertiary/aromatic N) is 2. The molecule has 0 aliphatic rings. The quantitative estimate of drug-likeness (QED) is 0.514. The van der Waals surface area contributed by atoms with Crippen molar-refractivity contribution in [2.45, 2.75) is 58.8 Å². The summed E-state index contributed by atoms with van der Waals surface area (Å²) in [5.74, 6) is 0. The van der Waals surface area contributed by atoms with E-state index in [1.54, 1.807) is 0 Å². The number of aromatic nitrogens is 2. The number of hydrogen-bond donors (Lipinski definition) is 0. The van der Waals surface area contributed by atoms with Crippen molar-refractivity contribution in [3.05, 3.63) is 54.4 Å². The van der Waals surface area contributed by atoms with E-state index < -0.39 is 7.92 Å². The van der Waals surface area contributed by atoms with Gasteiger partial charge in [0.05, 0.1) is 5.69 Å². The average Bonchev–Trinajstić information content (AvgIpc) is 2.92. The Kier molecular flexibility index (Phi) is 4.54. The normalized spacial score (nSPS) is 13.0. The molecule has 3 heteroatoms. The monoisotopic (exact) mass is 352 g/mol. The molecule has 0 N–H and O–H groups in total. The minimum absolute atomic E-state index is 0.190. The Labute approximate surface area is 153 Å². The first-order valence-electron chi connectivity index (χ1n) is 8.93. The smallest absolute Gasteiger partial charge is 0.136 e. The highest BCUT2D eigenvalue weighted by molar-refractivity contribution is 7.68. The fourth-order valence-corrected chi connectivity index (χ4v) is 7.70. The van der Waals surface area contributed by atoms with E-state index in [4.69, 9.17) is 4.98 Å². The first-order chi connectivity index (χ1) is 11.6.